The zero-order valence-electron chi connectivity index (χ0n) is 11.0. The Labute approximate surface area is 112 Å². The third-order valence-corrected chi connectivity index (χ3v) is 4.73. The highest BCUT2D eigenvalue weighted by Crippen LogP contribution is 2.43. The van der Waals surface area contributed by atoms with Gasteiger partial charge >= 0.3 is 5.97 Å². The highest BCUT2D eigenvalue weighted by molar-refractivity contribution is 7.13. The lowest BCUT2D eigenvalue weighted by Gasteiger charge is -2.41. The third kappa shape index (κ3) is 3.02. The summed E-state index contributed by atoms with van der Waals surface area (Å²) in [5.74, 6) is -0.240. The SMILES string of the molecule is CCC1(CNc2nc(CC(=O)OC)cs2)CCC1. The summed E-state index contributed by atoms with van der Waals surface area (Å²) in [7, 11) is 1.40. The molecule has 100 valence electrons. The van der Waals surface area contributed by atoms with E-state index in [9.17, 15) is 4.79 Å². The number of ether oxygens (including phenoxy) is 1. The second kappa shape index (κ2) is 5.69. The van der Waals surface area contributed by atoms with Crippen molar-refractivity contribution in [3.8, 4) is 0 Å². The van der Waals surface area contributed by atoms with Gasteiger partial charge in [0.15, 0.2) is 5.13 Å². The normalized spacial score (nSPS) is 17.0. The van der Waals surface area contributed by atoms with Gasteiger partial charge in [0.05, 0.1) is 19.2 Å². The minimum Gasteiger partial charge on any atom is -0.469 e. The second-order valence-electron chi connectivity index (χ2n) is 4.96. The van der Waals surface area contributed by atoms with Crippen molar-refractivity contribution in [2.24, 2.45) is 5.41 Å². The van der Waals surface area contributed by atoms with Gasteiger partial charge in [0.1, 0.15) is 0 Å². The van der Waals surface area contributed by atoms with Gasteiger partial charge in [-0.2, -0.15) is 0 Å². The lowest BCUT2D eigenvalue weighted by Crippen LogP contribution is -2.35. The van der Waals surface area contributed by atoms with Gasteiger partial charge in [-0.1, -0.05) is 13.3 Å². The first-order chi connectivity index (χ1) is 8.67. The third-order valence-electron chi connectivity index (χ3n) is 3.88. The van der Waals surface area contributed by atoms with E-state index < -0.39 is 0 Å². The van der Waals surface area contributed by atoms with Gasteiger partial charge < -0.3 is 10.1 Å². The molecule has 4 nitrogen and oxygen atoms in total. The molecule has 18 heavy (non-hydrogen) atoms. The molecule has 0 aliphatic heterocycles. The van der Waals surface area contributed by atoms with Crippen molar-refractivity contribution in [1.29, 1.82) is 0 Å². The van der Waals surface area contributed by atoms with E-state index in [1.54, 1.807) is 11.3 Å². The van der Waals surface area contributed by atoms with Crippen molar-refractivity contribution in [2.45, 2.75) is 39.0 Å². The van der Waals surface area contributed by atoms with E-state index in [1.165, 1.54) is 32.8 Å². The minimum atomic E-state index is -0.240. The number of carbonyl (C=O) groups excluding carboxylic acids is 1. The Morgan fingerprint density at radius 2 is 2.39 bits per heavy atom. The number of nitrogens with zero attached hydrogens (tertiary/aromatic N) is 1. The summed E-state index contributed by atoms with van der Waals surface area (Å²) >= 11 is 1.56. The molecule has 2 rings (SSSR count). The molecule has 1 aliphatic rings. The largest absolute Gasteiger partial charge is 0.469 e. The Balaban J connectivity index is 1.85. The van der Waals surface area contributed by atoms with Crippen LogP contribution in [0.2, 0.25) is 0 Å². The summed E-state index contributed by atoms with van der Waals surface area (Å²) < 4.78 is 4.63. The van der Waals surface area contributed by atoms with Crippen LogP contribution in [0.3, 0.4) is 0 Å². The van der Waals surface area contributed by atoms with Crippen LogP contribution in [0.5, 0.6) is 0 Å². The Morgan fingerprint density at radius 1 is 1.61 bits per heavy atom. The van der Waals surface area contributed by atoms with Crippen LogP contribution < -0.4 is 5.32 Å². The van der Waals surface area contributed by atoms with Crippen LogP contribution in [0.25, 0.3) is 0 Å². The van der Waals surface area contributed by atoms with Crippen LogP contribution in [0, 0.1) is 5.41 Å². The number of hydrogen-bond acceptors (Lipinski definition) is 5. The maximum absolute atomic E-state index is 11.1. The van der Waals surface area contributed by atoms with Crippen LogP contribution in [-0.4, -0.2) is 24.6 Å². The van der Waals surface area contributed by atoms with Crippen molar-refractivity contribution in [3.63, 3.8) is 0 Å². The van der Waals surface area contributed by atoms with Crippen molar-refractivity contribution in [2.75, 3.05) is 19.0 Å². The van der Waals surface area contributed by atoms with Crippen molar-refractivity contribution in [3.05, 3.63) is 11.1 Å². The van der Waals surface area contributed by atoms with Crippen molar-refractivity contribution < 1.29 is 9.53 Å². The first-order valence-electron chi connectivity index (χ1n) is 6.42. The summed E-state index contributed by atoms with van der Waals surface area (Å²) in [6.07, 6.45) is 5.46. The molecule has 0 unspecified atom stereocenters. The van der Waals surface area contributed by atoms with E-state index in [1.807, 2.05) is 5.38 Å². The van der Waals surface area contributed by atoms with Crippen LogP contribution in [0.15, 0.2) is 5.38 Å². The molecular weight excluding hydrogens is 248 g/mol. The molecule has 0 bridgehead atoms. The van der Waals surface area contributed by atoms with Crippen LogP contribution >= 0.6 is 11.3 Å². The fourth-order valence-corrected chi connectivity index (χ4v) is 2.99. The molecular formula is C13H20N2O2S. The molecule has 1 heterocycles. The number of methoxy groups -OCH3 is 1. The summed E-state index contributed by atoms with van der Waals surface area (Å²) in [6, 6.07) is 0. The number of aromatic nitrogens is 1. The predicted octanol–water partition coefficient (Wildman–Crippen LogP) is 2.85. The lowest BCUT2D eigenvalue weighted by atomic mass is 9.67. The average molecular weight is 268 g/mol. The summed E-state index contributed by atoms with van der Waals surface area (Å²) in [4.78, 5) is 15.5. The highest BCUT2D eigenvalue weighted by Gasteiger charge is 2.34. The lowest BCUT2D eigenvalue weighted by molar-refractivity contribution is -0.139. The van der Waals surface area contributed by atoms with E-state index >= 15 is 0 Å². The second-order valence-corrected chi connectivity index (χ2v) is 5.82. The highest BCUT2D eigenvalue weighted by atomic mass is 32.1. The van der Waals surface area contributed by atoms with Crippen LogP contribution in [-0.2, 0) is 16.0 Å². The molecule has 1 saturated carbocycles. The Kier molecular flexibility index (Phi) is 4.22. The maximum Gasteiger partial charge on any atom is 0.311 e. The topological polar surface area (TPSA) is 51.2 Å². The van der Waals surface area contributed by atoms with Gasteiger partial charge in [0.2, 0.25) is 0 Å². The van der Waals surface area contributed by atoms with Gasteiger partial charge in [-0.05, 0) is 24.7 Å². The van der Waals surface area contributed by atoms with Gasteiger partial charge in [-0.15, -0.1) is 11.3 Å². The van der Waals surface area contributed by atoms with Crippen molar-refractivity contribution >= 4 is 22.4 Å². The Morgan fingerprint density at radius 3 is 2.94 bits per heavy atom. The molecule has 0 atom stereocenters. The minimum absolute atomic E-state index is 0.240. The summed E-state index contributed by atoms with van der Waals surface area (Å²) in [6.45, 7) is 3.25. The first kappa shape index (κ1) is 13.3. The quantitative estimate of drug-likeness (QED) is 0.806. The maximum atomic E-state index is 11.1. The average Bonchev–Trinajstić information content (AvgIpc) is 2.76. The molecule has 0 amide bonds. The molecule has 1 aromatic rings. The van der Waals surface area contributed by atoms with Gasteiger partial charge in [-0.25, -0.2) is 4.98 Å². The number of nitrogens with one attached hydrogen (secondary N) is 1. The summed E-state index contributed by atoms with van der Waals surface area (Å²) in [5, 5.41) is 6.23. The number of rotatable bonds is 6. The molecule has 0 radical (unpaired) electrons. The fourth-order valence-electron chi connectivity index (χ4n) is 2.28. The number of thiazole rings is 1. The first-order valence-corrected chi connectivity index (χ1v) is 7.30. The molecule has 1 aromatic heterocycles. The molecule has 0 saturated heterocycles. The van der Waals surface area contributed by atoms with Gasteiger partial charge in [0.25, 0.3) is 0 Å². The van der Waals surface area contributed by atoms with Gasteiger partial charge in [-0.3, -0.25) is 4.79 Å². The van der Waals surface area contributed by atoms with E-state index in [4.69, 9.17) is 0 Å². The van der Waals surface area contributed by atoms with Gasteiger partial charge in [0, 0.05) is 11.9 Å². The fraction of sp³-hybridized carbons (Fsp3) is 0.692. The predicted molar refractivity (Wildman–Crippen MR) is 72.9 cm³/mol. The Bertz CT molecular complexity index is 407. The number of carbonyl (C=O) groups is 1. The monoisotopic (exact) mass is 268 g/mol. The smallest absolute Gasteiger partial charge is 0.311 e. The van der Waals surface area contributed by atoms with E-state index in [2.05, 4.69) is 22.0 Å². The molecule has 1 fully saturated rings. The molecule has 5 heteroatoms. The van der Waals surface area contributed by atoms with Crippen LogP contribution in [0.1, 0.15) is 38.3 Å². The summed E-state index contributed by atoms with van der Waals surface area (Å²) in [5.41, 5.74) is 1.27. The zero-order valence-corrected chi connectivity index (χ0v) is 11.8. The molecule has 0 aromatic carbocycles. The Hall–Kier alpha value is -1.10. The van der Waals surface area contributed by atoms with E-state index in [-0.39, 0.29) is 12.4 Å². The van der Waals surface area contributed by atoms with E-state index in [0.29, 0.717) is 5.41 Å². The zero-order chi connectivity index (χ0) is 13.0. The molecule has 1 aliphatic carbocycles. The van der Waals surface area contributed by atoms with Crippen molar-refractivity contribution in [1.82, 2.24) is 4.98 Å². The van der Waals surface area contributed by atoms with Crippen LogP contribution in [0.4, 0.5) is 5.13 Å². The number of esters is 1. The molecule has 0 spiro atoms. The number of anilines is 1. The van der Waals surface area contributed by atoms with E-state index in [0.717, 1.165) is 17.4 Å². The standard InChI is InChI=1S/C13H20N2O2S/c1-3-13(5-4-6-13)9-14-12-15-10(8-18-12)7-11(16)17-2/h8H,3-7,9H2,1-2H3,(H,14,15). The molecule has 1 N–H and O–H groups in total. The number of hydrogen-bond donors (Lipinski definition) is 1.